The summed E-state index contributed by atoms with van der Waals surface area (Å²) in [4.78, 5) is 19.1. The molecule has 82 valence electrons. The number of hydrogen-bond acceptors (Lipinski definition) is 5. The van der Waals surface area contributed by atoms with Crippen LogP contribution in [0.5, 0.6) is 0 Å². The van der Waals surface area contributed by atoms with E-state index in [-0.39, 0.29) is 23.3 Å². The number of nitrogens with zero attached hydrogens (tertiary/aromatic N) is 3. The highest BCUT2D eigenvalue weighted by Crippen LogP contribution is 2.01. The van der Waals surface area contributed by atoms with E-state index in [2.05, 4.69) is 25.0 Å². The summed E-state index contributed by atoms with van der Waals surface area (Å²) in [5.41, 5.74) is 0.836. The zero-order valence-corrected chi connectivity index (χ0v) is 8.81. The summed E-state index contributed by atoms with van der Waals surface area (Å²) in [6, 6.07) is 1.66. The lowest BCUT2D eigenvalue weighted by molar-refractivity contribution is 0.0944. The van der Waals surface area contributed by atoms with Gasteiger partial charge in [-0.15, -0.1) is 0 Å². The maximum atomic E-state index is 11.5. The predicted molar refractivity (Wildman–Crippen MR) is 54.7 cm³/mol. The quantitative estimate of drug-likeness (QED) is 0.864. The average Bonchev–Trinajstić information content (AvgIpc) is 2.80. The lowest BCUT2D eigenvalue weighted by Gasteiger charge is -2.01. The summed E-state index contributed by atoms with van der Waals surface area (Å²) in [7, 11) is 0. The summed E-state index contributed by atoms with van der Waals surface area (Å²) in [5, 5.41) is 6.51. The first-order valence-corrected chi connectivity index (χ1v) is 4.78. The zero-order chi connectivity index (χ0) is 11.4. The van der Waals surface area contributed by atoms with Gasteiger partial charge in [-0.3, -0.25) is 4.79 Å². The normalized spacial score (nSPS) is 10.1. The van der Waals surface area contributed by atoms with Crippen LogP contribution in [-0.4, -0.2) is 21.0 Å². The van der Waals surface area contributed by atoms with Gasteiger partial charge in [-0.2, -0.15) is 0 Å². The lowest BCUT2D eigenvalue weighted by Crippen LogP contribution is -2.24. The van der Waals surface area contributed by atoms with Crippen molar-refractivity contribution in [2.24, 2.45) is 0 Å². The van der Waals surface area contributed by atoms with Gasteiger partial charge in [0.2, 0.25) is 0 Å². The van der Waals surface area contributed by atoms with Crippen LogP contribution >= 0.6 is 11.6 Å². The van der Waals surface area contributed by atoms with Gasteiger partial charge >= 0.3 is 0 Å². The van der Waals surface area contributed by atoms with Crippen LogP contribution in [0.2, 0.25) is 5.15 Å². The van der Waals surface area contributed by atoms with E-state index in [4.69, 9.17) is 11.6 Å². The van der Waals surface area contributed by atoms with E-state index in [1.54, 1.807) is 6.07 Å². The van der Waals surface area contributed by atoms with Crippen LogP contribution in [0.3, 0.4) is 0 Å². The molecule has 0 bridgehead atoms. The van der Waals surface area contributed by atoms with E-state index in [9.17, 15) is 4.79 Å². The fourth-order valence-electron chi connectivity index (χ4n) is 1.02. The zero-order valence-electron chi connectivity index (χ0n) is 8.05. The van der Waals surface area contributed by atoms with E-state index >= 15 is 0 Å². The summed E-state index contributed by atoms with van der Waals surface area (Å²) in [6.07, 6.45) is 4.05. The Morgan fingerprint density at radius 2 is 2.31 bits per heavy atom. The van der Waals surface area contributed by atoms with Gasteiger partial charge in [0.25, 0.3) is 5.91 Å². The highest BCUT2D eigenvalue weighted by Gasteiger charge is 2.07. The largest absolute Gasteiger partial charge is 0.364 e. The number of hydrogen-bond donors (Lipinski definition) is 1. The van der Waals surface area contributed by atoms with Crippen LogP contribution < -0.4 is 5.32 Å². The summed E-state index contributed by atoms with van der Waals surface area (Å²) in [6.45, 7) is 0.277. The number of carbonyl (C=O) groups excluding carboxylic acids is 1. The van der Waals surface area contributed by atoms with E-state index < -0.39 is 0 Å². The molecule has 2 aromatic rings. The molecule has 0 aliphatic carbocycles. The Bertz CT molecular complexity index is 469. The van der Waals surface area contributed by atoms with Crippen molar-refractivity contribution in [1.82, 2.24) is 20.4 Å². The van der Waals surface area contributed by atoms with E-state index in [1.807, 2.05) is 0 Å². The van der Waals surface area contributed by atoms with Crippen LogP contribution in [0.4, 0.5) is 0 Å². The number of amides is 1. The van der Waals surface area contributed by atoms with E-state index in [1.165, 1.54) is 18.7 Å². The number of nitrogens with one attached hydrogen (secondary N) is 1. The molecule has 7 heteroatoms. The second-order valence-corrected chi connectivity index (χ2v) is 3.29. The van der Waals surface area contributed by atoms with Crippen molar-refractivity contribution in [1.29, 1.82) is 0 Å². The molecule has 2 aromatic heterocycles. The molecule has 1 amide bonds. The van der Waals surface area contributed by atoms with Crippen molar-refractivity contribution in [2.45, 2.75) is 6.54 Å². The Hall–Kier alpha value is -1.95. The number of rotatable bonds is 3. The molecule has 0 saturated heterocycles. The van der Waals surface area contributed by atoms with Gasteiger partial charge < -0.3 is 9.84 Å². The Morgan fingerprint density at radius 1 is 1.44 bits per heavy atom. The van der Waals surface area contributed by atoms with Crippen LogP contribution in [0.15, 0.2) is 29.2 Å². The third kappa shape index (κ3) is 2.54. The molecule has 0 saturated carbocycles. The Kier molecular flexibility index (Phi) is 3.11. The molecule has 0 radical (unpaired) electrons. The van der Waals surface area contributed by atoms with Crippen LogP contribution in [0.25, 0.3) is 0 Å². The maximum Gasteiger partial charge on any atom is 0.271 e. The monoisotopic (exact) mass is 238 g/mol. The van der Waals surface area contributed by atoms with Gasteiger partial charge in [-0.1, -0.05) is 16.8 Å². The molecule has 16 heavy (non-hydrogen) atoms. The smallest absolute Gasteiger partial charge is 0.271 e. The second kappa shape index (κ2) is 4.71. The third-order valence-corrected chi connectivity index (χ3v) is 1.97. The van der Waals surface area contributed by atoms with Gasteiger partial charge in [-0.25, -0.2) is 9.97 Å². The van der Waals surface area contributed by atoms with Gasteiger partial charge in [0, 0.05) is 6.07 Å². The summed E-state index contributed by atoms with van der Waals surface area (Å²) >= 11 is 5.55. The number of carbonyl (C=O) groups is 1. The van der Waals surface area contributed by atoms with Gasteiger partial charge in [0.05, 0.1) is 18.9 Å². The molecule has 0 aliphatic heterocycles. The third-order valence-electron chi connectivity index (χ3n) is 1.77. The minimum absolute atomic E-state index is 0.202. The molecule has 0 aromatic carbocycles. The van der Waals surface area contributed by atoms with Gasteiger partial charge in [0.15, 0.2) is 0 Å². The molecule has 0 atom stereocenters. The highest BCUT2D eigenvalue weighted by atomic mass is 35.5. The second-order valence-electron chi connectivity index (χ2n) is 2.90. The predicted octanol–water partition coefficient (Wildman–Crippen LogP) is 1.05. The number of aromatic nitrogens is 3. The van der Waals surface area contributed by atoms with Crippen molar-refractivity contribution >= 4 is 17.5 Å². The van der Waals surface area contributed by atoms with Crippen molar-refractivity contribution in [3.8, 4) is 0 Å². The number of halogens is 1. The first-order chi connectivity index (χ1) is 7.75. The van der Waals surface area contributed by atoms with Gasteiger partial charge in [-0.05, 0) is 0 Å². The van der Waals surface area contributed by atoms with Crippen molar-refractivity contribution in [3.05, 3.63) is 41.3 Å². The average molecular weight is 239 g/mol. The SMILES string of the molecule is O=C(NCc1ccon1)c1cnc(Cl)cn1. The van der Waals surface area contributed by atoms with Crippen LogP contribution in [-0.2, 0) is 6.54 Å². The molecule has 2 rings (SSSR count). The van der Waals surface area contributed by atoms with Crippen molar-refractivity contribution < 1.29 is 9.32 Å². The highest BCUT2D eigenvalue weighted by molar-refractivity contribution is 6.29. The minimum Gasteiger partial charge on any atom is -0.364 e. The topological polar surface area (TPSA) is 80.9 Å². The fourth-order valence-corrected chi connectivity index (χ4v) is 1.12. The molecular formula is C9H7ClN4O2. The molecule has 0 unspecified atom stereocenters. The Balaban J connectivity index is 1.95. The summed E-state index contributed by atoms with van der Waals surface area (Å²) in [5.74, 6) is -0.341. The molecule has 6 nitrogen and oxygen atoms in total. The van der Waals surface area contributed by atoms with Crippen LogP contribution in [0.1, 0.15) is 16.2 Å². The van der Waals surface area contributed by atoms with Crippen molar-refractivity contribution in [2.75, 3.05) is 0 Å². The molecular weight excluding hydrogens is 232 g/mol. The first kappa shape index (κ1) is 10.6. The first-order valence-electron chi connectivity index (χ1n) is 4.41. The Labute approximate surface area is 95.6 Å². The summed E-state index contributed by atoms with van der Waals surface area (Å²) < 4.78 is 4.62. The maximum absolute atomic E-state index is 11.5. The lowest BCUT2D eigenvalue weighted by atomic mass is 10.4. The van der Waals surface area contributed by atoms with E-state index in [0.29, 0.717) is 5.69 Å². The van der Waals surface area contributed by atoms with Gasteiger partial charge in [0.1, 0.15) is 22.8 Å². The fraction of sp³-hybridized carbons (Fsp3) is 0.111. The molecule has 0 spiro atoms. The molecule has 0 aliphatic rings. The minimum atomic E-state index is -0.341. The molecule has 2 heterocycles. The van der Waals surface area contributed by atoms with E-state index in [0.717, 1.165) is 0 Å². The molecule has 0 fully saturated rings. The van der Waals surface area contributed by atoms with Crippen molar-refractivity contribution in [3.63, 3.8) is 0 Å². The standard InChI is InChI=1S/C9H7ClN4O2/c10-8-5-11-7(4-12-8)9(15)13-3-6-1-2-16-14-6/h1-2,4-5H,3H2,(H,13,15). The molecule has 1 N–H and O–H groups in total. The van der Waals surface area contributed by atoms with Crippen LogP contribution in [0, 0.1) is 0 Å². The Morgan fingerprint density at radius 3 is 2.94 bits per heavy atom.